The van der Waals surface area contributed by atoms with E-state index in [0.29, 0.717) is 41.4 Å². The zero-order valence-corrected chi connectivity index (χ0v) is 30.2. The smallest absolute Gasteiger partial charge is 0.254 e. The summed E-state index contributed by atoms with van der Waals surface area (Å²) in [7, 11) is 1.76. The largest absolute Gasteiger partial charge is 0.508 e. The molecule has 4 aliphatic rings. The fraction of sp³-hybridized carbons (Fsp3) is 0.550. The van der Waals surface area contributed by atoms with Gasteiger partial charge in [-0.3, -0.25) is 4.79 Å². The number of phenols is 1. The molecule has 2 aliphatic carbocycles. The van der Waals surface area contributed by atoms with Crippen LogP contribution in [0.2, 0.25) is 0 Å². The number of allylic oxidation sites excluding steroid dienone is 1. The van der Waals surface area contributed by atoms with Crippen molar-refractivity contribution in [2.45, 2.75) is 89.1 Å². The highest BCUT2D eigenvalue weighted by Gasteiger charge is 2.65. The maximum atomic E-state index is 14.5. The van der Waals surface area contributed by atoms with E-state index in [-0.39, 0.29) is 62.4 Å². The van der Waals surface area contributed by atoms with Gasteiger partial charge in [0.15, 0.2) is 11.5 Å². The summed E-state index contributed by atoms with van der Waals surface area (Å²) in [5, 5.41) is 35.2. The highest BCUT2D eigenvalue weighted by atomic mass is 16.7. The maximum Gasteiger partial charge on any atom is 0.254 e. The Kier molecular flexibility index (Phi) is 11.0. The van der Waals surface area contributed by atoms with Gasteiger partial charge in [0.2, 0.25) is 12.6 Å². The van der Waals surface area contributed by atoms with Crippen molar-refractivity contribution in [3.63, 3.8) is 0 Å². The first-order valence-electron chi connectivity index (χ1n) is 18.1. The molecule has 0 aromatic heterocycles. The van der Waals surface area contributed by atoms with E-state index in [9.17, 15) is 20.1 Å². The molecule has 0 bridgehead atoms. The van der Waals surface area contributed by atoms with Crippen LogP contribution in [0, 0.1) is 17.8 Å². The van der Waals surface area contributed by atoms with E-state index < -0.39 is 23.3 Å². The van der Waals surface area contributed by atoms with Crippen LogP contribution in [0.1, 0.15) is 87.6 Å². The molecule has 276 valence electrons. The van der Waals surface area contributed by atoms with Gasteiger partial charge in [-0.25, -0.2) is 0 Å². The lowest BCUT2D eigenvalue weighted by atomic mass is 9.55. The number of benzene rings is 2. The zero-order chi connectivity index (χ0) is 36.3. The molecule has 0 radical (unpaired) electrons. The Balaban J connectivity index is 1.55. The van der Waals surface area contributed by atoms with Gasteiger partial charge in [0, 0.05) is 43.7 Å². The minimum absolute atomic E-state index is 0.0681. The second-order valence-electron chi connectivity index (χ2n) is 15.0. The van der Waals surface area contributed by atoms with Crippen LogP contribution in [0.25, 0.3) is 0 Å². The molecule has 11 nitrogen and oxygen atoms in total. The van der Waals surface area contributed by atoms with Crippen molar-refractivity contribution in [3.8, 4) is 23.0 Å². The summed E-state index contributed by atoms with van der Waals surface area (Å²) in [6, 6.07) is 9.68. The molecule has 0 spiro atoms. The SMILES string of the molecule is C=CCOC12Oc3ccc(O)cc3C3C(CCCCO)C(CCCCO)C=C(C(=NOC(C)(C)C)CC1N(C)C(=O)c1ccc4c(c1)OCO4)C32. The van der Waals surface area contributed by atoms with Gasteiger partial charge in [-0.15, -0.1) is 6.58 Å². The van der Waals surface area contributed by atoms with Crippen LogP contribution in [-0.4, -0.2) is 82.9 Å². The Morgan fingerprint density at radius 3 is 2.49 bits per heavy atom. The topological polar surface area (TPSA) is 140 Å². The standard InChI is InChI=1S/C40H52N2O9/c1-6-19-49-40-35(42(5)38(46)26-13-15-33-34(21-26)48-24-47-33)23-31(41-51-39(2,3)4)29-20-25(11-7-9-17-43)28(12-8-10-18-44)36(37(29)40)30-22-27(45)14-16-32(30)50-40/h6,13-16,20-22,25,28,35-37,43-45H,1,7-12,17-19,23-24H2,2-5H3. The number of aromatic hydroxyl groups is 1. The molecule has 2 aromatic carbocycles. The highest BCUT2D eigenvalue weighted by molar-refractivity contribution is 6.03. The molecule has 0 saturated heterocycles. The van der Waals surface area contributed by atoms with Crippen LogP contribution in [0.4, 0.5) is 0 Å². The second kappa shape index (κ2) is 15.3. The fourth-order valence-corrected chi connectivity index (χ4v) is 8.30. The van der Waals surface area contributed by atoms with E-state index in [1.54, 1.807) is 54.4 Å². The number of unbranched alkanes of at least 4 members (excludes halogenated alkanes) is 2. The number of fused-ring (bicyclic) bond motifs is 3. The lowest BCUT2D eigenvalue weighted by molar-refractivity contribution is -0.252. The first-order chi connectivity index (χ1) is 24.5. The number of aliphatic hydroxyl groups is 2. The number of likely N-dealkylation sites (N-methyl/N-ethyl adjacent to an activating group) is 1. The molecule has 6 unspecified atom stereocenters. The van der Waals surface area contributed by atoms with Crippen molar-refractivity contribution in [2.24, 2.45) is 22.9 Å². The van der Waals surface area contributed by atoms with Gasteiger partial charge in [0.05, 0.1) is 18.2 Å². The molecule has 11 heteroatoms. The van der Waals surface area contributed by atoms with E-state index in [2.05, 4.69) is 12.7 Å². The number of phenolic OH excluding ortho intramolecular Hbond substituents is 1. The van der Waals surface area contributed by atoms with Gasteiger partial charge in [-0.05, 0) is 100 Å². The average molecular weight is 705 g/mol. The predicted octanol–water partition coefficient (Wildman–Crippen LogP) is 6.33. The number of hydrogen-bond donors (Lipinski definition) is 3. The van der Waals surface area contributed by atoms with E-state index in [0.717, 1.165) is 36.8 Å². The summed E-state index contributed by atoms with van der Waals surface area (Å²) in [5.41, 5.74) is 2.37. The monoisotopic (exact) mass is 704 g/mol. The normalized spacial score (nSPS) is 26.8. The fourth-order valence-electron chi connectivity index (χ4n) is 8.30. The van der Waals surface area contributed by atoms with Gasteiger partial charge in [0.25, 0.3) is 5.91 Å². The number of aliphatic hydroxyl groups excluding tert-OH is 2. The van der Waals surface area contributed by atoms with Gasteiger partial charge in [-0.2, -0.15) is 0 Å². The van der Waals surface area contributed by atoms with Gasteiger partial charge in [0.1, 0.15) is 23.1 Å². The number of oxime groups is 1. The highest BCUT2D eigenvalue weighted by Crippen LogP contribution is 2.61. The number of hydrogen-bond acceptors (Lipinski definition) is 10. The Bertz CT molecular complexity index is 1650. The molecule has 51 heavy (non-hydrogen) atoms. The van der Waals surface area contributed by atoms with E-state index in [4.69, 9.17) is 28.9 Å². The van der Waals surface area contributed by atoms with Crippen molar-refractivity contribution < 1.29 is 43.9 Å². The Morgan fingerprint density at radius 1 is 1.04 bits per heavy atom. The average Bonchev–Trinajstić information content (AvgIpc) is 3.59. The van der Waals surface area contributed by atoms with Crippen LogP contribution in [0.15, 0.2) is 65.9 Å². The number of carbonyl (C=O) groups excluding carboxylic acids is 1. The van der Waals surface area contributed by atoms with Crippen molar-refractivity contribution >= 4 is 11.6 Å². The Morgan fingerprint density at radius 2 is 1.76 bits per heavy atom. The third-order valence-electron chi connectivity index (χ3n) is 10.5. The summed E-state index contributed by atoms with van der Waals surface area (Å²) < 4.78 is 25.1. The molecule has 1 amide bonds. The van der Waals surface area contributed by atoms with Gasteiger partial charge in [-0.1, -0.05) is 30.1 Å². The summed E-state index contributed by atoms with van der Waals surface area (Å²) in [6.45, 7) is 10.3. The molecule has 2 heterocycles. The molecule has 1 saturated carbocycles. The number of ether oxygens (including phenoxy) is 4. The van der Waals surface area contributed by atoms with Crippen LogP contribution in [0.3, 0.4) is 0 Å². The molecule has 6 atom stereocenters. The van der Waals surface area contributed by atoms with E-state index >= 15 is 0 Å². The summed E-state index contributed by atoms with van der Waals surface area (Å²) >= 11 is 0. The quantitative estimate of drug-likeness (QED) is 0.117. The van der Waals surface area contributed by atoms with Gasteiger partial charge >= 0.3 is 0 Å². The maximum absolute atomic E-state index is 14.5. The van der Waals surface area contributed by atoms with E-state index in [1.807, 2.05) is 20.8 Å². The summed E-state index contributed by atoms with van der Waals surface area (Å²) in [6.07, 6.45) is 8.90. The van der Waals surface area contributed by atoms with Crippen LogP contribution < -0.4 is 14.2 Å². The molecular formula is C40H52N2O9. The molecule has 6 rings (SSSR count). The van der Waals surface area contributed by atoms with Crippen molar-refractivity contribution in [1.82, 2.24) is 4.90 Å². The van der Waals surface area contributed by atoms with Crippen LogP contribution in [-0.2, 0) is 9.57 Å². The number of nitrogens with zero attached hydrogens (tertiary/aromatic N) is 2. The molecule has 1 fully saturated rings. The van der Waals surface area contributed by atoms with Crippen molar-refractivity contribution in [1.29, 1.82) is 0 Å². The minimum atomic E-state index is -1.37. The molecular weight excluding hydrogens is 652 g/mol. The van der Waals surface area contributed by atoms with Crippen molar-refractivity contribution in [2.75, 3.05) is 33.7 Å². The summed E-state index contributed by atoms with van der Waals surface area (Å²) in [5.74, 6) is -0.309. The lowest BCUT2D eigenvalue weighted by Gasteiger charge is -2.59. The molecule has 2 aliphatic heterocycles. The predicted molar refractivity (Wildman–Crippen MR) is 192 cm³/mol. The van der Waals surface area contributed by atoms with Crippen LogP contribution in [0.5, 0.6) is 23.0 Å². The lowest BCUT2D eigenvalue weighted by Crippen LogP contribution is -2.69. The first kappa shape index (κ1) is 36.7. The second-order valence-corrected chi connectivity index (χ2v) is 15.0. The zero-order valence-electron chi connectivity index (χ0n) is 30.2. The Hall–Kier alpha value is -4.06. The number of rotatable bonds is 14. The minimum Gasteiger partial charge on any atom is -0.508 e. The molecule has 2 aromatic rings. The molecule has 3 N–H and O–H groups in total. The Labute approximate surface area is 300 Å². The van der Waals surface area contributed by atoms with E-state index in [1.165, 1.54) is 0 Å². The van der Waals surface area contributed by atoms with Crippen LogP contribution >= 0.6 is 0 Å². The third-order valence-corrected chi connectivity index (χ3v) is 10.5. The van der Waals surface area contributed by atoms with Gasteiger partial charge < -0.3 is 44.0 Å². The first-order valence-corrected chi connectivity index (χ1v) is 18.1. The summed E-state index contributed by atoms with van der Waals surface area (Å²) in [4.78, 5) is 22.3. The third kappa shape index (κ3) is 7.34. The number of amides is 1. The number of carbonyl (C=O) groups is 1. The van der Waals surface area contributed by atoms with Crippen molar-refractivity contribution in [3.05, 3.63) is 71.8 Å².